The van der Waals surface area contributed by atoms with E-state index in [0.29, 0.717) is 22.9 Å². The second-order valence-electron chi connectivity index (χ2n) is 4.62. The van der Waals surface area contributed by atoms with E-state index in [0.717, 1.165) is 25.0 Å². The van der Waals surface area contributed by atoms with Gasteiger partial charge in [0, 0.05) is 18.1 Å². The molecule has 1 aliphatic carbocycles. The highest BCUT2D eigenvalue weighted by Gasteiger charge is 2.21. The molecule has 0 aliphatic heterocycles. The lowest BCUT2D eigenvalue weighted by Crippen LogP contribution is -2.04. The van der Waals surface area contributed by atoms with Gasteiger partial charge in [-0.3, -0.25) is 0 Å². The van der Waals surface area contributed by atoms with Crippen LogP contribution in [0.1, 0.15) is 43.9 Å². The summed E-state index contributed by atoms with van der Waals surface area (Å²) in [5, 5.41) is 0. The molecule has 1 heterocycles. The largest absolute Gasteiger partial charge is 0.440 e. The average molecular weight is 237 g/mol. The lowest BCUT2D eigenvalue weighted by molar-refractivity contribution is 0.373. The van der Waals surface area contributed by atoms with E-state index in [1.165, 1.54) is 19.3 Å². The third-order valence-corrected chi connectivity index (χ3v) is 3.40. The number of nitrogens with zero attached hydrogens (tertiary/aromatic N) is 1. The summed E-state index contributed by atoms with van der Waals surface area (Å²) < 4.78 is 31.6. The first kappa shape index (κ1) is 10.7. The highest BCUT2D eigenvalue weighted by atomic mass is 19.2. The summed E-state index contributed by atoms with van der Waals surface area (Å²) in [5.41, 5.74) is 0.744. The molecule has 1 saturated carbocycles. The molecule has 0 N–H and O–H groups in total. The van der Waals surface area contributed by atoms with Crippen molar-refractivity contribution in [3.05, 3.63) is 29.7 Å². The number of benzene rings is 1. The van der Waals surface area contributed by atoms with Crippen molar-refractivity contribution in [2.75, 3.05) is 0 Å². The van der Waals surface area contributed by atoms with Crippen LogP contribution in [-0.2, 0) is 0 Å². The molecule has 0 amide bonds. The zero-order valence-corrected chi connectivity index (χ0v) is 9.38. The third-order valence-electron chi connectivity index (χ3n) is 3.40. The lowest BCUT2D eigenvalue weighted by Gasteiger charge is -2.17. The lowest BCUT2D eigenvalue weighted by atomic mass is 9.89. The van der Waals surface area contributed by atoms with Crippen molar-refractivity contribution in [1.29, 1.82) is 0 Å². The Balaban J connectivity index is 2.00. The molecule has 0 bridgehead atoms. The fraction of sp³-hybridized carbons (Fsp3) is 0.462. The molecule has 17 heavy (non-hydrogen) atoms. The summed E-state index contributed by atoms with van der Waals surface area (Å²) in [7, 11) is 0. The Kier molecular flexibility index (Phi) is 2.57. The molecule has 0 spiro atoms. The van der Waals surface area contributed by atoms with Crippen molar-refractivity contribution >= 4 is 11.1 Å². The average Bonchev–Trinajstić information content (AvgIpc) is 2.74. The van der Waals surface area contributed by atoms with Gasteiger partial charge in [0.15, 0.2) is 23.1 Å². The molecule has 2 aromatic rings. The number of fused-ring (bicyclic) bond motifs is 1. The number of rotatable bonds is 1. The van der Waals surface area contributed by atoms with E-state index in [4.69, 9.17) is 4.42 Å². The SMILES string of the molecule is Fc1cc2nc(C3CCCCC3)oc2cc1F. The van der Waals surface area contributed by atoms with Crippen molar-refractivity contribution < 1.29 is 13.2 Å². The maximum Gasteiger partial charge on any atom is 0.198 e. The Morgan fingerprint density at radius 2 is 1.76 bits per heavy atom. The predicted octanol–water partition coefficient (Wildman–Crippen LogP) is 4.15. The Labute approximate surface area is 97.6 Å². The van der Waals surface area contributed by atoms with Crippen molar-refractivity contribution in [2.24, 2.45) is 0 Å². The number of oxazole rings is 1. The number of hydrogen-bond acceptors (Lipinski definition) is 2. The number of aromatic nitrogens is 1. The van der Waals surface area contributed by atoms with E-state index in [1.54, 1.807) is 0 Å². The van der Waals surface area contributed by atoms with Gasteiger partial charge >= 0.3 is 0 Å². The molecule has 1 fully saturated rings. The van der Waals surface area contributed by atoms with Gasteiger partial charge in [-0.2, -0.15) is 0 Å². The maximum atomic E-state index is 13.0. The summed E-state index contributed by atoms with van der Waals surface area (Å²) in [6.45, 7) is 0. The Hall–Kier alpha value is -1.45. The van der Waals surface area contributed by atoms with Crippen LogP contribution in [0, 0.1) is 11.6 Å². The van der Waals surface area contributed by atoms with Gasteiger partial charge in [-0.05, 0) is 12.8 Å². The first-order chi connectivity index (χ1) is 8.24. The molecule has 0 atom stereocenters. The smallest absolute Gasteiger partial charge is 0.198 e. The van der Waals surface area contributed by atoms with Crippen LogP contribution < -0.4 is 0 Å². The van der Waals surface area contributed by atoms with Crippen molar-refractivity contribution in [3.8, 4) is 0 Å². The molecule has 0 saturated heterocycles. The minimum absolute atomic E-state index is 0.308. The van der Waals surface area contributed by atoms with E-state index >= 15 is 0 Å². The molecule has 1 aromatic carbocycles. The standard InChI is InChI=1S/C13H13F2NO/c14-9-6-11-12(7-10(9)15)17-13(16-11)8-4-2-1-3-5-8/h6-8H,1-5H2. The second-order valence-corrected chi connectivity index (χ2v) is 4.62. The summed E-state index contributed by atoms with van der Waals surface area (Å²) in [5.74, 6) is -0.822. The van der Waals surface area contributed by atoms with Crippen LogP contribution in [0.25, 0.3) is 11.1 Å². The Morgan fingerprint density at radius 3 is 2.53 bits per heavy atom. The highest BCUT2D eigenvalue weighted by Crippen LogP contribution is 2.33. The zero-order valence-electron chi connectivity index (χ0n) is 9.38. The third kappa shape index (κ3) is 1.92. The van der Waals surface area contributed by atoms with Gasteiger partial charge in [0.2, 0.25) is 0 Å². The van der Waals surface area contributed by atoms with Crippen LogP contribution >= 0.6 is 0 Å². The van der Waals surface area contributed by atoms with Gasteiger partial charge in [-0.1, -0.05) is 19.3 Å². The molecule has 1 aromatic heterocycles. The van der Waals surface area contributed by atoms with E-state index in [9.17, 15) is 8.78 Å². The second kappa shape index (κ2) is 4.09. The van der Waals surface area contributed by atoms with Crippen LogP contribution in [-0.4, -0.2) is 4.98 Å². The molecule has 90 valence electrons. The van der Waals surface area contributed by atoms with Crippen LogP contribution in [0.3, 0.4) is 0 Å². The zero-order chi connectivity index (χ0) is 11.8. The van der Waals surface area contributed by atoms with Crippen LogP contribution in [0.4, 0.5) is 8.78 Å². The van der Waals surface area contributed by atoms with Crippen molar-refractivity contribution in [2.45, 2.75) is 38.0 Å². The number of hydrogen-bond donors (Lipinski definition) is 0. The van der Waals surface area contributed by atoms with Gasteiger partial charge in [-0.15, -0.1) is 0 Å². The highest BCUT2D eigenvalue weighted by molar-refractivity contribution is 5.72. The fourth-order valence-corrected chi connectivity index (χ4v) is 2.47. The number of halogens is 2. The minimum atomic E-state index is -0.885. The normalized spacial score (nSPS) is 17.8. The Bertz CT molecular complexity index is 505. The molecular weight excluding hydrogens is 224 g/mol. The Morgan fingerprint density at radius 1 is 1.06 bits per heavy atom. The summed E-state index contributed by atoms with van der Waals surface area (Å²) in [6.07, 6.45) is 5.70. The first-order valence-corrected chi connectivity index (χ1v) is 5.99. The van der Waals surface area contributed by atoms with Gasteiger partial charge in [0.05, 0.1) is 0 Å². The minimum Gasteiger partial charge on any atom is -0.440 e. The fourth-order valence-electron chi connectivity index (χ4n) is 2.47. The summed E-state index contributed by atoms with van der Waals surface area (Å²) in [6, 6.07) is 2.17. The van der Waals surface area contributed by atoms with E-state index in [2.05, 4.69) is 4.98 Å². The molecular formula is C13H13F2NO. The van der Waals surface area contributed by atoms with Crippen LogP contribution in [0.15, 0.2) is 16.5 Å². The molecule has 4 heteroatoms. The van der Waals surface area contributed by atoms with E-state index < -0.39 is 11.6 Å². The monoisotopic (exact) mass is 237 g/mol. The molecule has 1 aliphatic rings. The summed E-state index contributed by atoms with van der Waals surface area (Å²) in [4.78, 5) is 4.26. The van der Waals surface area contributed by atoms with Gasteiger partial charge < -0.3 is 4.42 Å². The molecule has 3 rings (SSSR count). The topological polar surface area (TPSA) is 26.0 Å². The van der Waals surface area contributed by atoms with E-state index in [-0.39, 0.29) is 0 Å². The van der Waals surface area contributed by atoms with Gasteiger partial charge in [0.1, 0.15) is 5.52 Å². The molecule has 0 radical (unpaired) electrons. The van der Waals surface area contributed by atoms with Crippen molar-refractivity contribution in [1.82, 2.24) is 4.98 Å². The van der Waals surface area contributed by atoms with Gasteiger partial charge in [0.25, 0.3) is 0 Å². The summed E-state index contributed by atoms with van der Waals surface area (Å²) >= 11 is 0. The van der Waals surface area contributed by atoms with E-state index in [1.807, 2.05) is 0 Å². The molecule has 0 unspecified atom stereocenters. The quantitative estimate of drug-likeness (QED) is 0.744. The van der Waals surface area contributed by atoms with Gasteiger partial charge in [-0.25, -0.2) is 13.8 Å². The predicted molar refractivity (Wildman–Crippen MR) is 59.8 cm³/mol. The van der Waals surface area contributed by atoms with Crippen LogP contribution in [0.2, 0.25) is 0 Å². The maximum absolute atomic E-state index is 13.0. The molecule has 2 nitrogen and oxygen atoms in total. The van der Waals surface area contributed by atoms with Crippen LogP contribution in [0.5, 0.6) is 0 Å². The van der Waals surface area contributed by atoms with Crippen molar-refractivity contribution in [3.63, 3.8) is 0 Å². The first-order valence-electron chi connectivity index (χ1n) is 5.99.